The molecule has 20 heavy (non-hydrogen) atoms. The lowest BCUT2D eigenvalue weighted by Crippen LogP contribution is -2.15. The maximum atomic E-state index is 13.7. The van der Waals surface area contributed by atoms with Crippen molar-refractivity contribution in [3.8, 4) is 0 Å². The molecular formula is C15H16FN3O. The quantitative estimate of drug-likeness (QED) is 0.730. The summed E-state index contributed by atoms with van der Waals surface area (Å²) in [7, 11) is 0. The number of nitrogen functional groups attached to an aromatic ring is 1. The van der Waals surface area contributed by atoms with Gasteiger partial charge < -0.3 is 16.8 Å². The molecule has 0 aromatic heterocycles. The van der Waals surface area contributed by atoms with Gasteiger partial charge in [0.15, 0.2) is 0 Å². The standard InChI is InChI=1S/C15H16FN3O/c16-12-9-13(17)11(15(18)20)8-14(12)19-7-6-10-4-2-1-3-5-10/h1-5,8-9,19H,6-7,17H2,(H2,18,20). The molecule has 0 aliphatic heterocycles. The molecule has 0 bridgehead atoms. The summed E-state index contributed by atoms with van der Waals surface area (Å²) in [4.78, 5) is 11.2. The van der Waals surface area contributed by atoms with Crippen molar-refractivity contribution in [3.05, 3.63) is 59.4 Å². The second-order valence-electron chi connectivity index (χ2n) is 4.45. The first-order valence-electron chi connectivity index (χ1n) is 6.24. The molecule has 104 valence electrons. The van der Waals surface area contributed by atoms with E-state index in [0.29, 0.717) is 6.54 Å². The van der Waals surface area contributed by atoms with Gasteiger partial charge in [-0.25, -0.2) is 4.39 Å². The Morgan fingerprint density at radius 1 is 1.20 bits per heavy atom. The van der Waals surface area contributed by atoms with Gasteiger partial charge in [-0.1, -0.05) is 30.3 Å². The van der Waals surface area contributed by atoms with Crippen LogP contribution in [0.5, 0.6) is 0 Å². The second kappa shape index (κ2) is 6.06. The van der Waals surface area contributed by atoms with Gasteiger partial charge in [0.1, 0.15) is 5.82 Å². The van der Waals surface area contributed by atoms with E-state index in [1.54, 1.807) is 0 Å². The molecule has 2 aromatic rings. The van der Waals surface area contributed by atoms with E-state index in [1.807, 2.05) is 30.3 Å². The van der Waals surface area contributed by atoms with Crippen molar-refractivity contribution in [3.63, 3.8) is 0 Å². The van der Waals surface area contributed by atoms with Crippen LogP contribution in [0.15, 0.2) is 42.5 Å². The van der Waals surface area contributed by atoms with Crippen molar-refractivity contribution in [2.24, 2.45) is 5.73 Å². The summed E-state index contributed by atoms with van der Waals surface area (Å²) < 4.78 is 13.7. The van der Waals surface area contributed by atoms with E-state index in [9.17, 15) is 9.18 Å². The summed E-state index contributed by atoms with van der Waals surface area (Å²) in [6.07, 6.45) is 0.747. The highest BCUT2D eigenvalue weighted by Gasteiger charge is 2.11. The summed E-state index contributed by atoms with van der Waals surface area (Å²) in [6, 6.07) is 12.3. The third-order valence-electron chi connectivity index (χ3n) is 2.98. The van der Waals surface area contributed by atoms with Crippen molar-refractivity contribution in [2.75, 3.05) is 17.6 Å². The number of nitrogens with two attached hydrogens (primary N) is 2. The Balaban J connectivity index is 2.06. The summed E-state index contributed by atoms with van der Waals surface area (Å²) in [5.41, 5.74) is 12.3. The van der Waals surface area contributed by atoms with Crippen LogP contribution in [-0.4, -0.2) is 12.5 Å². The predicted octanol–water partition coefficient (Wildman–Crippen LogP) is 2.16. The van der Waals surface area contributed by atoms with Crippen LogP contribution in [-0.2, 0) is 6.42 Å². The fourth-order valence-corrected chi connectivity index (χ4v) is 1.92. The van der Waals surface area contributed by atoms with E-state index in [0.717, 1.165) is 18.1 Å². The van der Waals surface area contributed by atoms with E-state index < -0.39 is 11.7 Å². The molecule has 0 radical (unpaired) electrons. The molecule has 0 aliphatic rings. The third kappa shape index (κ3) is 3.26. The van der Waals surface area contributed by atoms with E-state index in [-0.39, 0.29) is 16.9 Å². The molecule has 5 N–H and O–H groups in total. The average molecular weight is 273 g/mol. The Bertz CT molecular complexity index is 614. The maximum absolute atomic E-state index is 13.7. The minimum atomic E-state index is -0.673. The minimum Gasteiger partial charge on any atom is -0.398 e. The summed E-state index contributed by atoms with van der Waals surface area (Å²) in [5.74, 6) is -1.17. The summed E-state index contributed by atoms with van der Waals surface area (Å²) in [6.45, 7) is 0.545. The highest BCUT2D eigenvalue weighted by molar-refractivity contribution is 5.99. The smallest absolute Gasteiger partial charge is 0.250 e. The molecule has 0 atom stereocenters. The molecular weight excluding hydrogens is 257 g/mol. The van der Waals surface area contributed by atoms with Gasteiger partial charge in [0.25, 0.3) is 5.91 Å². The zero-order chi connectivity index (χ0) is 14.5. The van der Waals surface area contributed by atoms with Crippen LogP contribution >= 0.6 is 0 Å². The Hall–Kier alpha value is -2.56. The van der Waals surface area contributed by atoms with Gasteiger partial charge in [-0.3, -0.25) is 4.79 Å². The fourth-order valence-electron chi connectivity index (χ4n) is 1.92. The van der Waals surface area contributed by atoms with Crippen LogP contribution in [0.3, 0.4) is 0 Å². The first-order chi connectivity index (χ1) is 9.58. The van der Waals surface area contributed by atoms with E-state index in [2.05, 4.69) is 5.32 Å². The minimum absolute atomic E-state index is 0.0450. The number of amides is 1. The van der Waals surface area contributed by atoms with Gasteiger partial charge in [0.05, 0.1) is 11.3 Å². The van der Waals surface area contributed by atoms with Gasteiger partial charge in [-0.05, 0) is 24.1 Å². The number of hydrogen-bond acceptors (Lipinski definition) is 3. The van der Waals surface area contributed by atoms with Crippen molar-refractivity contribution in [1.82, 2.24) is 0 Å². The lowest BCUT2D eigenvalue weighted by molar-refractivity contribution is 0.100. The molecule has 2 rings (SSSR count). The predicted molar refractivity (Wildman–Crippen MR) is 78.0 cm³/mol. The molecule has 0 fully saturated rings. The average Bonchev–Trinajstić information content (AvgIpc) is 2.42. The number of carbonyl (C=O) groups excluding carboxylic acids is 1. The number of anilines is 2. The van der Waals surface area contributed by atoms with Crippen molar-refractivity contribution in [1.29, 1.82) is 0 Å². The Labute approximate surface area is 116 Å². The highest BCUT2D eigenvalue weighted by Crippen LogP contribution is 2.21. The number of primary amides is 1. The number of benzene rings is 2. The van der Waals surface area contributed by atoms with Crippen molar-refractivity contribution < 1.29 is 9.18 Å². The molecule has 1 amide bonds. The molecule has 0 saturated carbocycles. The van der Waals surface area contributed by atoms with Gasteiger partial charge in [-0.2, -0.15) is 0 Å². The fraction of sp³-hybridized carbons (Fsp3) is 0.133. The summed E-state index contributed by atoms with van der Waals surface area (Å²) in [5, 5.41) is 2.95. The van der Waals surface area contributed by atoms with E-state index in [1.165, 1.54) is 6.07 Å². The molecule has 5 heteroatoms. The van der Waals surface area contributed by atoms with Gasteiger partial charge >= 0.3 is 0 Å². The van der Waals surface area contributed by atoms with Crippen molar-refractivity contribution in [2.45, 2.75) is 6.42 Å². The van der Waals surface area contributed by atoms with Gasteiger partial charge in [0.2, 0.25) is 0 Å². The van der Waals surface area contributed by atoms with Crippen LogP contribution in [0.4, 0.5) is 15.8 Å². The van der Waals surface area contributed by atoms with Gasteiger partial charge in [0, 0.05) is 12.2 Å². The molecule has 0 saturated heterocycles. The number of carbonyl (C=O) groups is 1. The molecule has 0 heterocycles. The normalized spacial score (nSPS) is 10.2. The van der Waals surface area contributed by atoms with E-state index in [4.69, 9.17) is 11.5 Å². The lowest BCUT2D eigenvalue weighted by Gasteiger charge is -2.10. The number of halogens is 1. The first kappa shape index (κ1) is 13.9. The summed E-state index contributed by atoms with van der Waals surface area (Å²) >= 11 is 0. The molecule has 0 spiro atoms. The first-order valence-corrected chi connectivity index (χ1v) is 6.24. The van der Waals surface area contributed by atoms with Crippen LogP contribution in [0.1, 0.15) is 15.9 Å². The number of rotatable bonds is 5. The van der Waals surface area contributed by atoms with E-state index >= 15 is 0 Å². The monoisotopic (exact) mass is 273 g/mol. The zero-order valence-corrected chi connectivity index (χ0v) is 10.9. The Morgan fingerprint density at radius 2 is 1.90 bits per heavy atom. The second-order valence-corrected chi connectivity index (χ2v) is 4.45. The maximum Gasteiger partial charge on any atom is 0.250 e. The van der Waals surface area contributed by atoms with Crippen LogP contribution in [0, 0.1) is 5.82 Å². The van der Waals surface area contributed by atoms with Crippen molar-refractivity contribution >= 4 is 17.3 Å². The Kier molecular flexibility index (Phi) is 4.20. The third-order valence-corrected chi connectivity index (χ3v) is 2.98. The SMILES string of the molecule is NC(=O)c1cc(NCCc2ccccc2)c(F)cc1N. The van der Waals surface area contributed by atoms with Crippen LogP contribution < -0.4 is 16.8 Å². The lowest BCUT2D eigenvalue weighted by atomic mass is 10.1. The van der Waals surface area contributed by atoms with Gasteiger partial charge in [-0.15, -0.1) is 0 Å². The number of nitrogens with one attached hydrogen (secondary N) is 1. The molecule has 4 nitrogen and oxygen atoms in total. The number of hydrogen-bond donors (Lipinski definition) is 3. The topological polar surface area (TPSA) is 81.1 Å². The van der Waals surface area contributed by atoms with Crippen LogP contribution in [0.2, 0.25) is 0 Å². The molecule has 0 unspecified atom stereocenters. The zero-order valence-electron chi connectivity index (χ0n) is 10.9. The Morgan fingerprint density at radius 3 is 2.55 bits per heavy atom. The molecule has 2 aromatic carbocycles. The largest absolute Gasteiger partial charge is 0.398 e. The molecule has 0 aliphatic carbocycles. The van der Waals surface area contributed by atoms with Crippen LogP contribution in [0.25, 0.3) is 0 Å². The highest BCUT2D eigenvalue weighted by atomic mass is 19.1.